The highest BCUT2D eigenvalue weighted by Gasteiger charge is 2.43. The van der Waals surface area contributed by atoms with E-state index in [1.54, 1.807) is 26.0 Å². The number of aliphatic hydroxyl groups is 1. The van der Waals surface area contributed by atoms with Crippen molar-refractivity contribution in [2.75, 3.05) is 32.7 Å². The molecule has 13 atom stereocenters. The highest BCUT2D eigenvalue weighted by molar-refractivity contribution is 6.01. The molecule has 1 aromatic rings. The number of unbranched alkanes of at least 4 members (excludes halogenated alkanes) is 2. The van der Waals surface area contributed by atoms with Gasteiger partial charge in [-0.3, -0.25) is 86.9 Å². The van der Waals surface area contributed by atoms with Gasteiger partial charge in [-0.25, -0.2) is 0 Å². The Hall–Kier alpha value is -11.5. The predicted octanol–water partition coefficient (Wildman–Crippen LogP) is -4.75. The van der Waals surface area contributed by atoms with Crippen LogP contribution in [0.25, 0.3) is 0 Å². The van der Waals surface area contributed by atoms with Gasteiger partial charge in [-0.2, -0.15) is 0 Å². The number of primary amides is 1. The molecule has 1 aliphatic heterocycles. The number of rotatable bonds is 46. The van der Waals surface area contributed by atoms with E-state index in [1.165, 1.54) is 58.9 Å². The van der Waals surface area contributed by atoms with E-state index in [0.29, 0.717) is 31.2 Å². The van der Waals surface area contributed by atoms with Gasteiger partial charge in [0.05, 0.1) is 6.10 Å². The van der Waals surface area contributed by atoms with Gasteiger partial charge in [0.15, 0.2) is 17.9 Å². The molecule has 32 N–H and O–H groups in total. The van der Waals surface area contributed by atoms with Crippen LogP contribution in [0.1, 0.15) is 202 Å². The number of carboxylic acids is 1. The molecule has 14 amide bonds. The number of aliphatic imine (C=N–C) groups is 3. The second-order valence-corrected chi connectivity index (χ2v) is 30.2. The number of aliphatic carboxylic acids is 1. The molecule has 0 radical (unpaired) electrons. The molecule has 0 saturated heterocycles. The lowest BCUT2D eigenvalue weighted by Crippen LogP contribution is -2.65. The van der Waals surface area contributed by atoms with E-state index in [1.807, 2.05) is 6.92 Å². The number of aliphatic hydroxyl groups excluding tert-OH is 1. The summed E-state index contributed by atoms with van der Waals surface area (Å²) in [5.41, 5.74) is 41.7. The van der Waals surface area contributed by atoms with Crippen molar-refractivity contribution in [2.24, 2.45) is 66.8 Å². The highest BCUT2D eigenvalue weighted by Crippen LogP contribution is 2.22. The van der Waals surface area contributed by atoms with Gasteiger partial charge < -0.3 is 130 Å². The highest BCUT2D eigenvalue weighted by atomic mass is 16.4. The summed E-state index contributed by atoms with van der Waals surface area (Å²) in [5, 5.41) is 65.3. The summed E-state index contributed by atoms with van der Waals surface area (Å²) >= 11 is 0. The molecule has 1 heterocycles. The second kappa shape index (κ2) is 53.7. The van der Waals surface area contributed by atoms with Crippen molar-refractivity contribution in [3.05, 3.63) is 42.0 Å². The smallest absolute Gasteiger partial charge is 0.303 e. The molecule has 42 heteroatoms. The minimum Gasteiger partial charge on any atom is -0.508 e. The van der Waals surface area contributed by atoms with Crippen LogP contribution in [0.2, 0.25) is 0 Å². The predicted molar refractivity (Wildman–Crippen MR) is 439 cm³/mol. The largest absolute Gasteiger partial charge is 0.508 e. The Morgan fingerprint density at radius 3 is 1.52 bits per heavy atom. The number of amides is 14. The van der Waals surface area contributed by atoms with Crippen LogP contribution in [0.5, 0.6) is 5.75 Å². The van der Waals surface area contributed by atoms with Crippen molar-refractivity contribution in [1.82, 2.24) is 69.1 Å². The molecule has 0 bridgehead atoms. The van der Waals surface area contributed by atoms with E-state index in [2.05, 4.69) is 84.1 Å². The number of carbonyl (C=O) groups excluding carboxylic acids is 14. The molecule has 0 aliphatic carbocycles. The van der Waals surface area contributed by atoms with Gasteiger partial charge in [0.1, 0.15) is 77.2 Å². The standard InChI is InChI=1S/C76H130N24O18/c1-9-10-22-49(63(110)95-55(60(78)107)41-43(2)3)91-66(113)54(31-32-58(105)106)94-62(109)51(24-19-37-86-72(79)80)93-68(115)56(42-47-27-29-48(103)30-28-47)96-64(111)50(23-15-18-36-77)90-61(108)44(4)89-70(117)76(8)35-17-14-12-11-13-16-34-75(7,99-57(104)33-40-85-46(6)102)71(118)97-53(26-21-39-88-74(83)84)65(112)92-52(25-20-38-87-73(81)82)67(114)98-59(45(5)101)69(116)100-76/h11-12,27-30,43-45,49-56,59,101,103H,9-10,13-26,31-42,77H2,1-8H3,(H2,78,107)(H,85,102)(H,89,117)(H,90,108)(H,91,113)(H,92,112)(H,93,115)(H,94,109)(H,95,110)(H,96,111)(H,97,118)(H,98,114)(H,99,104)(H,100,116)(H,105,106)(H4,79,80,86)(H4,81,82,87)(H4,83,84,88)/b12-11-/t44-,45+,49-,50-,51-,52-,53-,54-,55-,56+,59-,75-,76-/m0/s1. The normalized spacial score (nSPS) is 19.8. The van der Waals surface area contributed by atoms with E-state index in [4.69, 9.17) is 45.9 Å². The van der Waals surface area contributed by atoms with Crippen molar-refractivity contribution in [1.29, 1.82) is 0 Å². The fourth-order valence-corrected chi connectivity index (χ4v) is 12.3. The molecular formula is C76H130N24O18. The number of nitrogens with one attached hydrogen (secondary N) is 13. The zero-order valence-corrected chi connectivity index (χ0v) is 69.1. The number of guanidine groups is 3. The van der Waals surface area contributed by atoms with Gasteiger partial charge in [0.2, 0.25) is 82.7 Å². The van der Waals surface area contributed by atoms with Crippen LogP contribution in [-0.2, 0) is 78.3 Å². The molecule has 662 valence electrons. The number of nitrogens with zero attached hydrogens (tertiary/aromatic N) is 3. The third-order valence-electron chi connectivity index (χ3n) is 19.0. The summed E-state index contributed by atoms with van der Waals surface area (Å²) in [5.74, 6) is -14.8. The molecule has 42 nitrogen and oxygen atoms in total. The van der Waals surface area contributed by atoms with E-state index >= 15 is 0 Å². The lowest BCUT2D eigenvalue weighted by molar-refractivity contribution is -0.139. The van der Waals surface area contributed by atoms with Gasteiger partial charge in [-0.1, -0.05) is 57.9 Å². The average molecular weight is 1670 g/mol. The lowest BCUT2D eigenvalue weighted by Gasteiger charge is -2.34. The molecule has 2 rings (SSSR count). The monoisotopic (exact) mass is 1670 g/mol. The topological polar surface area (TPSA) is 718 Å². The number of nitrogens with two attached hydrogens (primary N) is 8. The van der Waals surface area contributed by atoms with Gasteiger partial charge in [0.25, 0.3) is 0 Å². The number of phenolic OH excluding ortho intramolecular Hbond substituents is 1. The van der Waals surface area contributed by atoms with E-state index in [9.17, 15) is 87.2 Å². The minimum atomic E-state index is -1.99. The third-order valence-corrected chi connectivity index (χ3v) is 19.0. The fourth-order valence-electron chi connectivity index (χ4n) is 12.3. The lowest BCUT2D eigenvalue weighted by atomic mass is 9.91. The van der Waals surface area contributed by atoms with Crippen molar-refractivity contribution < 1.29 is 87.2 Å². The summed E-state index contributed by atoms with van der Waals surface area (Å²) in [6.45, 7) is 11.9. The Balaban J connectivity index is 2.76. The van der Waals surface area contributed by atoms with E-state index < -0.39 is 179 Å². The molecule has 0 unspecified atom stereocenters. The maximum atomic E-state index is 14.9. The van der Waals surface area contributed by atoms with E-state index in [-0.39, 0.29) is 171 Å². The SMILES string of the molecule is CCCC[C@H](NC(=O)[C@H](CCC(=O)O)NC(=O)[C@H](CCCN=C(N)N)NC(=O)[C@@H](Cc1ccc(O)cc1)NC(=O)[C@H](CCCCN)NC(=O)[C@H](C)NC(=O)[C@]1(C)CCC/C=C\CCC[C@](C)(NC(=O)CCNC(C)=O)C(=O)N[C@@H](CCCN=C(N)N)C(=O)N[C@@H](CCCN=C(N)N)C(=O)N[C@@H]([C@@H](C)O)C(=O)N1)C(=O)N[C@@H](CC(C)C)C(N)=O. The van der Waals surface area contributed by atoms with Crippen molar-refractivity contribution in [3.63, 3.8) is 0 Å². The van der Waals surface area contributed by atoms with Crippen LogP contribution in [0.4, 0.5) is 0 Å². The summed E-state index contributed by atoms with van der Waals surface area (Å²) < 4.78 is 0. The van der Waals surface area contributed by atoms with Crippen LogP contribution < -0.4 is 115 Å². The van der Waals surface area contributed by atoms with Crippen molar-refractivity contribution in [2.45, 2.75) is 281 Å². The second-order valence-electron chi connectivity index (χ2n) is 30.2. The first kappa shape index (κ1) is 103. The zero-order chi connectivity index (χ0) is 88.8. The molecule has 0 spiro atoms. The van der Waals surface area contributed by atoms with Crippen molar-refractivity contribution in [3.8, 4) is 5.75 Å². The minimum absolute atomic E-state index is 0.000526. The number of carboxylic acid groups (broad SMARTS) is 1. The zero-order valence-electron chi connectivity index (χ0n) is 69.1. The maximum Gasteiger partial charge on any atom is 0.303 e. The van der Waals surface area contributed by atoms with Gasteiger partial charge in [-0.05, 0) is 173 Å². The maximum absolute atomic E-state index is 14.9. The Morgan fingerprint density at radius 2 is 1.03 bits per heavy atom. The number of allylic oxidation sites excluding steroid dienone is 2. The Kier molecular flexibility index (Phi) is 46.7. The van der Waals surface area contributed by atoms with Gasteiger partial charge in [0, 0.05) is 52.4 Å². The first-order chi connectivity index (χ1) is 55.5. The average Bonchev–Trinajstić information content (AvgIpc) is 0.919. The molecule has 1 aromatic carbocycles. The molecule has 1 aliphatic rings. The first-order valence-corrected chi connectivity index (χ1v) is 40.0. The number of benzene rings is 1. The summed E-state index contributed by atoms with van der Waals surface area (Å²) in [7, 11) is 0. The number of aromatic hydroxyl groups is 1. The summed E-state index contributed by atoms with van der Waals surface area (Å²) in [4.78, 5) is 222. The fraction of sp³-hybridized carbons (Fsp3) is 0.658. The third kappa shape index (κ3) is 40.4. The van der Waals surface area contributed by atoms with Gasteiger partial charge >= 0.3 is 5.97 Å². The summed E-state index contributed by atoms with van der Waals surface area (Å²) in [6.07, 6.45) is 2.15. The Morgan fingerprint density at radius 1 is 0.559 bits per heavy atom. The van der Waals surface area contributed by atoms with Crippen molar-refractivity contribution >= 4 is 107 Å². The van der Waals surface area contributed by atoms with Crippen LogP contribution in [0.3, 0.4) is 0 Å². The molecule has 0 fully saturated rings. The summed E-state index contributed by atoms with van der Waals surface area (Å²) in [6, 6.07) is -9.63. The molecule has 0 aromatic heterocycles. The van der Waals surface area contributed by atoms with E-state index in [0.717, 1.165) is 0 Å². The van der Waals surface area contributed by atoms with Crippen LogP contribution >= 0.6 is 0 Å². The number of hydrogen-bond donors (Lipinski definition) is 24. The van der Waals surface area contributed by atoms with Crippen LogP contribution in [-0.4, -0.2) is 232 Å². The first-order valence-electron chi connectivity index (χ1n) is 40.0. The number of carbonyl (C=O) groups is 15. The van der Waals surface area contributed by atoms with Crippen LogP contribution in [0.15, 0.2) is 51.4 Å². The molecular weight excluding hydrogens is 1540 g/mol. The quantitative estimate of drug-likeness (QED) is 0.0126. The van der Waals surface area contributed by atoms with Crippen LogP contribution in [0, 0.1) is 5.92 Å². The Bertz CT molecular complexity index is 3630. The van der Waals surface area contributed by atoms with Gasteiger partial charge in [-0.15, -0.1) is 0 Å². The Labute approximate surface area is 688 Å². The number of hydrogen-bond acceptors (Lipinski definition) is 21. The molecule has 118 heavy (non-hydrogen) atoms. The number of phenols is 1. The molecule has 0 saturated carbocycles.